The van der Waals surface area contributed by atoms with E-state index in [1.807, 2.05) is 12.3 Å². The Morgan fingerprint density at radius 3 is 3.00 bits per heavy atom. The van der Waals surface area contributed by atoms with Gasteiger partial charge in [0.25, 0.3) is 0 Å². The van der Waals surface area contributed by atoms with Crippen molar-refractivity contribution < 1.29 is 0 Å². The molecule has 0 unspecified atom stereocenters. The van der Waals surface area contributed by atoms with Gasteiger partial charge in [-0.05, 0) is 18.1 Å². The number of hydrogen-bond acceptors (Lipinski definition) is 2. The van der Waals surface area contributed by atoms with Crippen molar-refractivity contribution in [3.05, 3.63) is 36.0 Å². The van der Waals surface area contributed by atoms with Crippen molar-refractivity contribution in [2.75, 3.05) is 6.54 Å². The summed E-state index contributed by atoms with van der Waals surface area (Å²) in [4.78, 5) is 3.23. The summed E-state index contributed by atoms with van der Waals surface area (Å²) in [6, 6.07) is 8.28. The Balaban J connectivity index is 2.35. The summed E-state index contributed by atoms with van der Waals surface area (Å²) in [5.74, 6) is 5.23. The molecule has 68 valence electrons. The lowest BCUT2D eigenvalue weighted by molar-refractivity contribution is 0.730. The standard InChI is InChI=1S/C10H13N3/c11-13-6-5-8-7-12-10-4-2-1-3-9(8)10/h1-4,7,12-13H,5-6,11H2. The van der Waals surface area contributed by atoms with Crippen LogP contribution in [0.25, 0.3) is 10.9 Å². The molecule has 0 spiro atoms. The molecule has 0 saturated carbocycles. The minimum Gasteiger partial charge on any atom is -0.361 e. The van der Waals surface area contributed by atoms with E-state index in [0.29, 0.717) is 0 Å². The van der Waals surface area contributed by atoms with Crippen molar-refractivity contribution in [2.24, 2.45) is 5.84 Å². The van der Waals surface area contributed by atoms with Crippen molar-refractivity contribution in [1.29, 1.82) is 0 Å². The van der Waals surface area contributed by atoms with Crippen molar-refractivity contribution >= 4 is 10.9 Å². The second-order valence-corrected chi connectivity index (χ2v) is 3.06. The van der Waals surface area contributed by atoms with E-state index < -0.39 is 0 Å². The second kappa shape index (κ2) is 3.60. The Morgan fingerprint density at radius 2 is 2.15 bits per heavy atom. The molecule has 0 fully saturated rings. The molecule has 3 heteroatoms. The number of fused-ring (bicyclic) bond motifs is 1. The molecule has 1 heterocycles. The van der Waals surface area contributed by atoms with E-state index in [1.165, 1.54) is 16.5 Å². The molecule has 0 aliphatic heterocycles. The van der Waals surface area contributed by atoms with Gasteiger partial charge in [0.1, 0.15) is 0 Å². The largest absolute Gasteiger partial charge is 0.361 e. The third-order valence-corrected chi connectivity index (χ3v) is 2.21. The fraction of sp³-hybridized carbons (Fsp3) is 0.200. The van der Waals surface area contributed by atoms with Crippen molar-refractivity contribution in [1.82, 2.24) is 10.4 Å². The number of H-pyrrole nitrogens is 1. The van der Waals surface area contributed by atoms with E-state index in [1.54, 1.807) is 0 Å². The zero-order valence-electron chi connectivity index (χ0n) is 7.38. The van der Waals surface area contributed by atoms with Crippen LogP contribution >= 0.6 is 0 Å². The van der Waals surface area contributed by atoms with Crippen LogP contribution in [-0.4, -0.2) is 11.5 Å². The number of para-hydroxylation sites is 1. The summed E-state index contributed by atoms with van der Waals surface area (Å²) in [7, 11) is 0. The van der Waals surface area contributed by atoms with E-state index in [2.05, 4.69) is 28.6 Å². The van der Waals surface area contributed by atoms with E-state index in [0.717, 1.165) is 13.0 Å². The highest BCUT2D eigenvalue weighted by Crippen LogP contribution is 2.17. The average Bonchev–Trinajstić information content (AvgIpc) is 2.58. The van der Waals surface area contributed by atoms with Crippen molar-refractivity contribution in [3.63, 3.8) is 0 Å². The molecule has 1 aromatic carbocycles. The Morgan fingerprint density at radius 1 is 1.31 bits per heavy atom. The highest BCUT2D eigenvalue weighted by molar-refractivity contribution is 5.82. The Hall–Kier alpha value is -1.32. The number of benzene rings is 1. The highest BCUT2D eigenvalue weighted by atomic mass is 15.2. The molecule has 1 aromatic heterocycles. The predicted octanol–water partition coefficient (Wildman–Crippen LogP) is 1.17. The lowest BCUT2D eigenvalue weighted by Gasteiger charge is -1.97. The van der Waals surface area contributed by atoms with Gasteiger partial charge in [-0.3, -0.25) is 11.3 Å². The summed E-state index contributed by atoms with van der Waals surface area (Å²) in [6.07, 6.45) is 3.00. The lowest BCUT2D eigenvalue weighted by atomic mass is 10.1. The van der Waals surface area contributed by atoms with Crippen LogP contribution in [0.5, 0.6) is 0 Å². The summed E-state index contributed by atoms with van der Waals surface area (Å²) in [5.41, 5.74) is 5.16. The quantitative estimate of drug-likeness (QED) is 0.484. The molecule has 13 heavy (non-hydrogen) atoms. The van der Waals surface area contributed by atoms with Gasteiger partial charge in [0.15, 0.2) is 0 Å². The zero-order valence-corrected chi connectivity index (χ0v) is 7.38. The van der Waals surface area contributed by atoms with Crippen LogP contribution in [0.2, 0.25) is 0 Å². The summed E-state index contributed by atoms with van der Waals surface area (Å²) in [5, 5.41) is 1.29. The van der Waals surface area contributed by atoms with E-state index in [-0.39, 0.29) is 0 Å². The van der Waals surface area contributed by atoms with E-state index >= 15 is 0 Å². The fourth-order valence-corrected chi connectivity index (χ4v) is 1.55. The topological polar surface area (TPSA) is 53.8 Å². The van der Waals surface area contributed by atoms with Crippen LogP contribution < -0.4 is 11.3 Å². The molecule has 4 N–H and O–H groups in total. The Labute approximate surface area is 76.9 Å². The molecule has 2 aromatic rings. The first-order valence-corrected chi connectivity index (χ1v) is 4.40. The first-order chi connectivity index (χ1) is 6.42. The summed E-state index contributed by atoms with van der Waals surface area (Å²) in [6.45, 7) is 0.807. The number of nitrogens with one attached hydrogen (secondary N) is 2. The maximum Gasteiger partial charge on any atom is 0.0456 e. The Kier molecular flexibility index (Phi) is 2.29. The monoisotopic (exact) mass is 175 g/mol. The third-order valence-electron chi connectivity index (χ3n) is 2.21. The van der Waals surface area contributed by atoms with Gasteiger partial charge in [-0.2, -0.15) is 0 Å². The SMILES string of the molecule is NNCCc1c[nH]c2ccccc12. The van der Waals surface area contributed by atoms with Crippen LogP contribution in [0.1, 0.15) is 5.56 Å². The van der Waals surface area contributed by atoms with Gasteiger partial charge in [0.2, 0.25) is 0 Å². The van der Waals surface area contributed by atoms with E-state index in [4.69, 9.17) is 5.84 Å². The number of nitrogens with two attached hydrogens (primary N) is 1. The summed E-state index contributed by atoms with van der Waals surface area (Å²) >= 11 is 0. The highest BCUT2D eigenvalue weighted by Gasteiger charge is 2.00. The molecule has 0 radical (unpaired) electrons. The minimum absolute atomic E-state index is 0.807. The van der Waals surface area contributed by atoms with Crippen molar-refractivity contribution in [3.8, 4) is 0 Å². The summed E-state index contributed by atoms with van der Waals surface area (Å²) < 4.78 is 0. The second-order valence-electron chi connectivity index (χ2n) is 3.06. The van der Waals surface area contributed by atoms with Gasteiger partial charge in [-0.1, -0.05) is 18.2 Å². The maximum atomic E-state index is 5.23. The van der Waals surface area contributed by atoms with Gasteiger partial charge in [-0.25, -0.2) is 0 Å². The Bertz CT molecular complexity index is 392. The van der Waals surface area contributed by atoms with E-state index in [9.17, 15) is 0 Å². The molecular weight excluding hydrogens is 162 g/mol. The first kappa shape index (κ1) is 8.29. The average molecular weight is 175 g/mol. The fourth-order valence-electron chi connectivity index (χ4n) is 1.55. The van der Waals surface area contributed by atoms with Gasteiger partial charge < -0.3 is 4.98 Å². The molecule has 0 amide bonds. The van der Waals surface area contributed by atoms with Crippen molar-refractivity contribution in [2.45, 2.75) is 6.42 Å². The number of rotatable bonds is 3. The molecule has 0 aliphatic carbocycles. The molecule has 0 bridgehead atoms. The first-order valence-electron chi connectivity index (χ1n) is 4.40. The smallest absolute Gasteiger partial charge is 0.0456 e. The molecule has 0 saturated heterocycles. The van der Waals surface area contributed by atoms with Crippen LogP contribution in [0, 0.1) is 0 Å². The number of aromatic amines is 1. The number of aromatic nitrogens is 1. The predicted molar refractivity (Wildman–Crippen MR) is 54.2 cm³/mol. The number of hydrogen-bond donors (Lipinski definition) is 3. The molecule has 3 nitrogen and oxygen atoms in total. The minimum atomic E-state index is 0.807. The van der Waals surface area contributed by atoms with Gasteiger partial charge in [0, 0.05) is 23.6 Å². The van der Waals surface area contributed by atoms with Crippen LogP contribution in [0.4, 0.5) is 0 Å². The van der Waals surface area contributed by atoms with Crippen LogP contribution in [-0.2, 0) is 6.42 Å². The lowest BCUT2D eigenvalue weighted by Crippen LogP contribution is -2.24. The zero-order chi connectivity index (χ0) is 9.10. The third kappa shape index (κ3) is 1.56. The normalized spacial score (nSPS) is 10.8. The molecule has 2 rings (SSSR count). The number of hydrazine groups is 1. The molecule has 0 atom stereocenters. The molecule has 0 aliphatic rings. The van der Waals surface area contributed by atoms with Gasteiger partial charge in [-0.15, -0.1) is 0 Å². The van der Waals surface area contributed by atoms with Crippen LogP contribution in [0.3, 0.4) is 0 Å². The van der Waals surface area contributed by atoms with Gasteiger partial charge in [0.05, 0.1) is 0 Å². The molecular formula is C10H13N3. The van der Waals surface area contributed by atoms with Gasteiger partial charge >= 0.3 is 0 Å². The van der Waals surface area contributed by atoms with Crippen LogP contribution in [0.15, 0.2) is 30.5 Å². The maximum absolute atomic E-state index is 5.23.